The van der Waals surface area contributed by atoms with Gasteiger partial charge >= 0.3 is 0 Å². The summed E-state index contributed by atoms with van der Waals surface area (Å²) in [5.74, 6) is 0.299. The van der Waals surface area contributed by atoms with Gasteiger partial charge in [-0.05, 0) is 37.7 Å². The lowest BCUT2D eigenvalue weighted by molar-refractivity contribution is 0.475. The number of fused-ring (bicyclic) bond motifs is 1. The molecule has 1 unspecified atom stereocenters. The fourth-order valence-corrected chi connectivity index (χ4v) is 2.86. The summed E-state index contributed by atoms with van der Waals surface area (Å²) in [5.41, 5.74) is 2.27. The van der Waals surface area contributed by atoms with Crippen molar-refractivity contribution >= 4 is 22.6 Å². The minimum Gasteiger partial charge on any atom is -0.459 e. The van der Waals surface area contributed by atoms with Gasteiger partial charge in [-0.2, -0.15) is 0 Å². The van der Waals surface area contributed by atoms with E-state index in [9.17, 15) is 4.39 Å². The Bertz CT molecular complexity index is 776. The molecule has 0 saturated carbocycles. The van der Waals surface area contributed by atoms with Crippen LogP contribution in [-0.4, -0.2) is 7.05 Å². The summed E-state index contributed by atoms with van der Waals surface area (Å²) in [4.78, 5) is 0. The molecule has 1 atom stereocenters. The van der Waals surface area contributed by atoms with Crippen LogP contribution in [0.3, 0.4) is 0 Å². The number of hydrogen-bond acceptors (Lipinski definition) is 2. The molecule has 2 aromatic carbocycles. The van der Waals surface area contributed by atoms with Crippen LogP contribution in [0.15, 0.2) is 46.9 Å². The lowest BCUT2D eigenvalue weighted by Crippen LogP contribution is -2.18. The Kier molecular flexibility index (Phi) is 3.70. The predicted molar refractivity (Wildman–Crippen MR) is 83.3 cm³/mol. The van der Waals surface area contributed by atoms with Crippen molar-refractivity contribution in [3.8, 4) is 0 Å². The van der Waals surface area contributed by atoms with E-state index in [2.05, 4.69) is 5.32 Å². The average Bonchev–Trinajstić information content (AvgIpc) is 2.88. The van der Waals surface area contributed by atoms with Gasteiger partial charge in [0, 0.05) is 16.0 Å². The monoisotopic (exact) mass is 303 g/mol. The number of furan rings is 1. The fraction of sp³-hybridized carbons (Fsp3) is 0.176. The molecule has 2 nitrogen and oxygen atoms in total. The summed E-state index contributed by atoms with van der Waals surface area (Å²) in [6.45, 7) is 1.99. The third-order valence-corrected chi connectivity index (χ3v) is 3.95. The van der Waals surface area contributed by atoms with E-state index in [1.54, 1.807) is 19.2 Å². The smallest absolute Gasteiger partial charge is 0.137 e. The maximum Gasteiger partial charge on any atom is 0.137 e. The highest BCUT2D eigenvalue weighted by molar-refractivity contribution is 6.31. The van der Waals surface area contributed by atoms with Gasteiger partial charge in [-0.25, -0.2) is 4.39 Å². The minimum absolute atomic E-state index is 0.348. The standard InChI is InChI=1S/C17H15ClFNO/c1-10-5-3-6-11-9-14(21-17(10)11)16(20-2)15-12(18)7-4-8-13(15)19/h3-9,16,20H,1-2H3. The highest BCUT2D eigenvalue weighted by atomic mass is 35.5. The van der Waals surface area contributed by atoms with E-state index in [-0.39, 0.29) is 5.82 Å². The molecule has 0 bridgehead atoms. The van der Waals surface area contributed by atoms with Crippen LogP contribution < -0.4 is 5.32 Å². The van der Waals surface area contributed by atoms with Crippen molar-refractivity contribution in [3.05, 3.63) is 70.2 Å². The first-order valence-corrected chi connectivity index (χ1v) is 7.10. The molecule has 0 saturated heterocycles. The number of benzene rings is 2. The molecule has 0 spiro atoms. The van der Waals surface area contributed by atoms with Gasteiger partial charge < -0.3 is 9.73 Å². The predicted octanol–water partition coefficient (Wildman–Crippen LogP) is 4.84. The Morgan fingerprint density at radius 1 is 1.19 bits per heavy atom. The van der Waals surface area contributed by atoms with Crippen molar-refractivity contribution in [2.24, 2.45) is 0 Å². The molecule has 1 aromatic heterocycles. The molecule has 1 heterocycles. The normalized spacial score (nSPS) is 12.8. The first-order chi connectivity index (χ1) is 10.1. The second-order valence-electron chi connectivity index (χ2n) is 5.00. The van der Waals surface area contributed by atoms with Crippen molar-refractivity contribution in [3.63, 3.8) is 0 Å². The Labute approximate surface area is 127 Å². The van der Waals surface area contributed by atoms with Crippen LogP contribution in [-0.2, 0) is 0 Å². The van der Waals surface area contributed by atoms with Gasteiger partial charge in [0.1, 0.15) is 17.2 Å². The van der Waals surface area contributed by atoms with E-state index in [0.29, 0.717) is 16.3 Å². The van der Waals surface area contributed by atoms with Gasteiger partial charge in [-0.3, -0.25) is 0 Å². The second-order valence-corrected chi connectivity index (χ2v) is 5.41. The molecule has 0 aliphatic heterocycles. The number of hydrogen-bond donors (Lipinski definition) is 1. The molecule has 108 valence electrons. The van der Waals surface area contributed by atoms with Crippen molar-refractivity contribution in [2.75, 3.05) is 7.05 Å². The van der Waals surface area contributed by atoms with Crippen LogP contribution in [0.2, 0.25) is 5.02 Å². The number of aryl methyl sites for hydroxylation is 1. The zero-order valence-corrected chi connectivity index (χ0v) is 12.5. The summed E-state index contributed by atoms with van der Waals surface area (Å²) < 4.78 is 20.1. The summed E-state index contributed by atoms with van der Waals surface area (Å²) in [5, 5.41) is 4.46. The fourth-order valence-electron chi connectivity index (χ4n) is 2.59. The largest absolute Gasteiger partial charge is 0.459 e. The van der Waals surface area contributed by atoms with E-state index in [4.69, 9.17) is 16.0 Å². The molecule has 0 fully saturated rings. The van der Waals surface area contributed by atoms with Gasteiger partial charge in [0.05, 0.1) is 6.04 Å². The van der Waals surface area contributed by atoms with Crippen LogP contribution in [0.4, 0.5) is 4.39 Å². The molecule has 0 amide bonds. The first-order valence-electron chi connectivity index (χ1n) is 6.72. The SMILES string of the molecule is CNC(c1cc2cccc(C)c2o1)c1c(F)cccc1Cl. The van der Waals surface area contributed by atoms with Gasteiger partial charge in [0.25, 0.3) is 0 Å². The van der Waals surface area contributed by atoms with Crippen LogP contribution in [0.5, 0.6) is 0 Å². The summed E-state index contributed by atoms with van der Waals surface area (Å²) in [7, 11) is 1.76. The molecule has 0 aliphatic rings. The molecule has 21 heavy (non-hydrogen) atoms. The van der Waals surface area contributed by atoms with Crippen molar-refractivity contribution in [2.45, 2.75) is 13.0 Å². The van der Waals surface area contributed by atoms with E-state index in [1.165, 1.54) is 6.07 Å². The third kappa shape index (κ3) is 2.43. The number of nitrogens with one attached hydrogen (secondary N) is 1. The van der Waals surface area contributed by atoms with Crippen LogP contribution in [0.25, 0.3) is 11.0 Å². The van der Waals surface area contributed by atoms with E-state index in [1.807, 2.05) is 31.2 Å². The second kappa shape index (κ2) is 5.51. The molecule has 0 radical (unpaired) electrons. The maximum atomic E-state index is 14.1. The molecule has 1 N–H and O–H groups in total. The average molecular weight is 304 g/mol. The Morgan fingerprint density at radius 2 is 1.95 bits per heavy atom. The van der Waals surface area contributed by atoms with Crippen molar-refractivity contribution in [1.29, 1.82) is 0 Å². The third-order valence-electron chi connectivity index (χ3n) is 3.62. The quantitative estimate of drug-likeness (QED) is 0.749. The van der Waals surface area contributed by atoms with Crippen molar-refractivity contribution < 1.29 is 8.81 Å². The van der Waals surface area contributed by atoms with E-state index >= 15 is 0 Å². The number of rotatable bonds is 3. The summed E-state index contributed by atoms with van der Waals surface area (Å²) in [6.07, 6.45) is 0. The molecular weight excluding hydrogens is 289 g/mol. The van der Waals surface area contributed by atoms with Crippen LogP contribution in [0.1, 0.15) is 22.9 Å². The zero-order valence-electron chi connectivity index (χ0n) is 11.8. The minimum atomic E-state index is -0.425. The number of para-hydroxylation sites is 1. The van der Waals surface area contributed by atoms with E-state index < -0.39 is 6.04 Å². The Morgan fingerprint density at radius 3 is 2.62 bits per heavy atom. The lowest BCUT2D eigenvalue weighted by Gasteiger charge is -2.16. The Hall–Kier alpha value is -1.84. The van der Waals surface area contributed by atoms with Gasteiger partial charge in [-0.1, -0.05) is 35.9 Å². The van der Waals surface area contributed by atoms with E-state index in [0.717, 1.165) is 16.5 Å². The van der Waals surface area contributed by atoms with Crippen LogP contribution in [0, 0.1) is 12.7 Å². The first kappa shape index (κ1) is 14.1. The highest BCUT2D eigenvalue weighted by Crippen LogP contribution is 2.34. The Balaban J connectivity index is 2.16. The molecule has 3 rings (SSSR count). The summed E-state index contributed by atoms with van der Waals surface area (Å²) in [6, 6.07) is 12.1. The van der Waals surface area contributed by atoms with Gasteiger partial charge in [0.15, 0.2) is 0 Å². The van der Waals surface area contributed by atoms with Crippen molar-refractivity contribution in [1.82, 2.24) is 5.32 Å². The van der Waals surface area contributed by atoms with Gasteiger partial charge in [-0.15, -0.1) is 0 Å². The highest BCUT2D eigenvalue weighted by Gasteiger charge is 2.23. The number of halogens is 2. The lowest BCUT2D eigenvalue weighted by atomic mass is 10.0. The topological polar surface area (TPSA) is 25.2 Å². The molecule has 3 aromatic rings. The molecular formula is C17H15ClFNO. The molecule has 0 aliphatic carbocycles. The zero-order chi connectivity index (χ0) is 15.0. The van der Waals surface area contributed by atoms with Crippen LogP contribution >= 0.6 is 11.6 Å². The van der Waals surface area contributed by atoms with Gasteiger partial charge in [0.2, 0.25) is 0 Å². The molecule has 4 heteroatoms. The maximum absolute atomic E-state index is 14.1. The summed E-state index contributed by atoms with van der Waals surface area (Å²) >= 11 is 6.16.